The lowest BCUT2D eigenvalue weighted by Crippen LogP contribution is -2.31. The minimum Gasteiger partial charge on any atom is -0.312 e. The highest BCUT2D eigenvalue weighted by Gasteiger charge is 2.29. The summed E-state index contributed by atoms with van der Waals surface area (Å²) in [7, 11) is 1.94. The number of rotatable bonds is 2. The molecule has 0 bridgehead atoms. The van der Waals surface area contributed by atoms with Crippen molar-refractivity contribution in [1.29, 1.82) is 0 Å². The summed E-state index contributed by atoms with van der Waals surface area (Å²) in [5.74, 6) is 0.494. The lowest BCUT2D eigenvalue weighted by atomic mass is 9.96. The van der Waals surface area contributed by atoms with E-state index in [0.29, 0.717) is 10.3 Å². The fraction of sp³-hybridized carbons (Fsp3) is 0.500. The second-order valence-electron chi connectivity index (χ2n) is 3.95. The van der Waals surface area contributed by atoms with Gasteiger partial charge in [-0.15, -0.1) is 0 Å². The molecule has 4 heteroatoms. The smallest absolute Gasteiger partial charge is 0.142 e. The first-order valence-corrected chi connectivity index (χ1v) is 6.87. The Bertz CT molecular complexity index is 397. The van der Waals surface area contributed by atoms with Crippen LogP contribution in [0, 0.1) is 5.82 Å². The monoisotopic (exact) mass is 259 g/mol. The maximum Gasteiger partial charge on any atom is 0.142 e. The van der Waals surface area contributed by atoms with Crippen molar-refractivity contribution in [3.63, 3.8) is 0 Å². The van der Waals surface area contributed by atoms with E-state index in [2.05, 4.69) is 12.2 Å². The zero-order chi connectivity index (χ0) is 11.7. The Morgan fingerprint density at radius 1 is 1.56 bits per heavy atom. The molecule has 0 saturated heterocycles. The van der Waals surface area contributed by atoms with Crippen LogP contribution in [0.5, 0.6) is 0 Å². The molecule has 0 aromatic heterocycles. The number of fused-ring (bicyclic) bond motifs is 1. The van der Waals surface area contributed by atoms with Crippen LogP contribution in [-0.4, -0.2) is 12.3 Å². The van der Waals surface area contributed by atoms with Crippen LogP contribution in [0.25, 0.3) is 0 Å². The molecule has 1 aromatic rings. The van der Waals surface area contributed by atoms with E-state index in [1.54, 1.807) is 0 Å². The van der Waals surface area contributed by atoms with Crippen LogP contribution >= 0.6 is 23.4 Å². The Balaban J connectivity index is 2.46. The molecule has 1 nitrogen and oxygen atoms in total. The molecule has 1 N–H and O–H groups in total. The second-order valence-corrected chi connectivity index (χ2v) is 5.56. The van der Waals surface area contributed by atoms with Gasteiger partial charge < -0.3 is 5.32 Å². The third-order valence-corrected chi connectivity index (χ3v) is 4.99. The molecule has 1 aliphatic rings. The van der Waals surface area contributed by atoms with Gasteiger partial charge in [0.2, 0.25) is 0 Å². The first kappa shape index (κ1) is 12.2. The molecule has 0 aliphatic carbocycles. The molecule has 16 heavy (non-hydrogen) atoms. The summed E-state index contributed by atoms with van der Waals surface area (Å²) in [4.78, 5) is 0. The first-order chi connectivity index (χ1) is 7.69. The van der Waals surface area contributed by atoms with E-state index in [1.165, 1.54) is 6.07 Å². The summed E-state index contributed by atoms with van der Waals surface area (Å²) in [5.41, 5.74) is 2.11. The van der Waals surface area contributed by atoms with Crippen molar-refractivity contribution < 1.29 is 4.39 Å². The highest BCUT2D eigenvalue weighted by Crippen LogP contribution is 2.42. The van der Waals surface area contributed by atoms with E-state index in [-0.39, 0.29) is 11.9 Å². The zero-order valence-electron chi connectivity index (χ0n) is 9.39. The van der Waals surface area contributed by atoms with Gasteiger partial charge in [-0.1, -0.05) is 24.6 Å². The van der Waals surface area contributed by atoms with Crippen LogP contribution in [0.1, 0.15) is 30.5 Å². The van der Waals surface area contributed by atoms with Crippen molar-refractivity contribution in [2.24, 2.45) is 0 Å². The average Bonchev–Trinajstić information content (AvgIpc) is 2.32. The van der Waals surface area contributed by atoms with Gasteiger partial charge in [-0.2, -0.15) is 11.8 Å². The van der Waals surface area contributed by atoms with Gasteiger partial charge in [-0.3, -0.25) is 0 Å². The van der Waals surface area contributed by atoms with Gasteiger partial charge >= 0.3 is 0 Å². The highest BCUT2D eigenvalue weighted by atomic mass is 35.5. The van der Waals surface area contributed by atoms with Crippen molar-refractivity contribution in [3.05, 3.63) is 34.1 Å². The Hall–Kier alpha value is -0.250. The molecule has 2 atom stereocenters. The molecule has 2 rings (SSSR count). The van der Waals surface area contributed by atoms with Crippen molar-refractivity contribution in [2.45, 2.75) is 30.4 Å². The lowest BCUT2D eigenvalue weighted by molar-refractivity contribution is 0.543. The van der Waals surface area contributed by atoms with Crippen molar-refractivity contribution in [1.82, 2.24) is 5.32 Å². The Morgan fingerprint density at radius 2 is 2.31 bits per heavy atom. The number of nitrogens with one attached hydrogen (secondary N) is 1. The maximum absolute atomic E-state index is 13.4. The predicted octanol–water partition coefficient (Wildman–Crippen LogP) is 3.77. The van der Waals surface area contributed by atoms with Gasteiger partial charge in [-0.05, 0) is 30.7 Å². The number of benzene rings is 1. The van der Waals surface area contributed by atoms with E-state index < -0.39 is 0 Å². The van der Waals surface area contributed by atoms with E-state index in [9.17, 15) is 4.39 Å². The van der Waals surface area contributed by atoms with E-state index in [4.69, 9.17) is 11.6 Å². The number of thioether (sulfide) groups is 1. The van der Waals surface area contributed by atoms with Crippen molar-refractivity contribution in [2.75, 3.05) is 7.05 Å². The molecule has 0 radical (unpaired) electrons. The lowest BCUT2D eigenvalue weighted by Gasteiger charge is -2.33. The largest absolute Gasteiger partial charge is 0.312 e. The number of halogens is 2. The fourth-order valence-corrected chi connectivity index (χ4v) is 3.95. The zero-order valence-corrected chi connectivity index (χ0v) is 11.0. The Labute approximate surface area is 105 Å². The van der Waals surface area contributed by atoms with Crippen LogP contribution < -0.4 is 5.32 Å². The van der Waals surface area contributed by atoms with Crippen LogP contribution in [0.3, 0.4) is 0 Å². The first-order valence-electron chi connectivity index (χ1n) is 5.44. The molecule has 2 unspecified atom stereocenters. The van der Waals surface area contributed by atoms with Gasteiger partial charge in [0, 0.05) is 17.0 Å². The van der Waals surface area contributed by atoms with Crippen LogP contribution in [0.2, 0.25) is 5.02 Å². The van der Waals surface area contributed by atoms with Crippen LogP contribution in [0.15, 0.2) is 12.1 Å². The Kier molecular flexibility index (Phi) is 3.77. The number of hydrogen-bond donors (Lipinski definition) is 1. The van der Waals surface area contributed by atoms with Gasteiger partial charge in [0.05, 0.1) is 5.02 Å². The topological polar surface area (TPSA) is 12.0 Å². The van der Waals surface area contributed by atoms with Gasteiger partial charge in [0.25, 0.3) is 0 Å². The molecule has 0 spiro atoms. The summed E-state index contributed by atoms with van der Waals surface area (Å²) in [6.45, 7) is 2.18. The summed E-state index contributed by atoms with van der Waals surface area (Å²) in [6, 6.07) is 3.60. The molecule has 1 heterocycles. The molecule has 1 aromatic carbocycles. The van der Waals surface area contributed by atoms with Crippen molar-refractivity contribution in [3.8, 4) is 0 Å². The minimum absolute atomic E-state index is 0.275. The predicted molar refractivity (Wildman–Crippen MR) is 68.6 cm³/mol. The molecule has 0 fully saturated rings. The quantitative estimate of drug-likeness (QED) is 0.868. The highest BCUT2D eigenvalue weighted by molar-refractivity contribution is 7.99. The van der Waals surface area contributed by atoms with Gasteiger partial charge in [0.1, 0.15) is 5.82 Å². The summed E-state index contributed by atoms with van der Waals surface area (Å²) >= 11 is 7.86. The standard InChI is InChI=1S/C12H15ClFNS/c1-3-10-12(15-2)7-4-5-9(14)11(13)8(7)6-16-10/h4-5,10,12,15H,3,6H2,1-2H3. The summed E-state index contributed by atoms with van der Waals surface area (Å²) in [5, 5.41) is 4.14. The van der Waals surface area contributed by atoms with E-state index in [0.717, 1.165) is 23.3 Å². The van der Waals surface area contributed by atoms with Crippen LogP contribution in [0.4, 0.5) is 4.39 Å². The fourth-order valence-electron chi connectivity index (χ4n) is 2.23. The summed E-state index contributed by atoms with van der Waals surface area (Å²) in [6.07, 6.45) is 1.10. The minimum atomic E-state index is -0.314. The molecular formula is C12H15ClFNS. The third-order valence-electron chi connectivity index (χ3n) is 3.09. The third kappa shape index (κ3) is 1.96. The van der Waals surface area contributed by atoms with E-state index >= 15 is 0 Å². The Morgan fingerprint density at radius 3 is 2.94 bits per heavy atom. The van der Waals surface area contributed by atoms with Crippen LogP contribution in [-0.2, 0) is 5.75 Å². The maximum atomic E-state index is 13.4. The average molecular weight is 260 g/mol. The summed E-state index contributed by atoms with van der Waals surface area (Å²) < 4.78 is 13.4. The molecule has 88 valence electrons. The van der Waals surface area contributed by atoms with E-state index in [1.807, 2.05) is 24.9 Å². The number of hydrogen-bond acceptors (Lipinski definition) is 2. The normalized spacial score (nSPS) is 24.2. The molecular weight excluding hydrogens is 245 g/mol. The van der Waals surface area contributed by atoms with Gasteiger partial charge in [-0.25, -0.2) is 4.39 Å². The molecule has 0 amide bonds. The molecule has 0 saturated carbocycles. The van der Waals surface area contributed by atoms with Crippen molar-refractivity contribution >= 4 is 23.4 Å². The molecule has 1 aliphatic heterocycles. The SMILES string of the molecule is CCC1SCc2c(ccc(F)c2Cl)C1NC. The van der Waals surface area contributed by atoms with Gasteiger partial charge in [0.15, 0.2) is 0 Å². The second kappa shape index (κ2) is 4.94.